The predicted octanol–water partition coefficient (Wildman–Crippen LogP) is -0.830. The quantitative estimate of drug-likeness (QED) is 0.214. The summed E-state index contributed by atoms with van der Waals surface area (Å²) in [5.41, 5.74) is 5.21. The minimum Gasteiger partial charge on any atom is -0.444 e. The van der Waals surface area contributed by atoms with Gasteiger partial charge in [0.2, 0.25) is 0 Å². The molecule has 4 unspecified atom stereocenters. The Morgan fingerprint density at radius 2 is 1.43 bits per heavy atom. The van der Waals surface area contributed by atoms with Crippen LogP contribution in [0.25, 0.3) is 0 Å². The zero-order valence-corrected chi connectivity index (χ0v) is 17.3. The number of hydrogen-bond acceptors (Lipinski definition) is 10. The van der Waals surface area contributed by atoms with Crippen molar-refractivity contribution in [3.05, 3.63) is 0 Å². The lowest BCUT2D eigenvalue weighted by molar-refractivity contribution is -0.181. The number of nitrogens with two attached hydrogens (primary N) is 1. The van der Waals surface area contributed by atoms with Crippen molar-refractivity contribution in [2.45, 2.75) is 51.5 Å². The van der Waals surface area contributed by atoms with Gasteiger partial charge in [-0.3, -0.25) is 0 Å². The van der Waals surface area contributed by atoms with E-state index in [2.05, 4.69) is 5.32 Å². The van der Waals surface area contributed by atoms with Crippen molar-refractivity contribution in [3.8, 4) is 0 Å². The molecule has 6 N–H and O–H groups in total. The highest BCUT2D eigenvalue weighted by atomic mass is 16.7. The van der Waals surface area contributed by atoms with Gasteiger partial charge in [0.15, 0.2) is 12.6 Å². The average molecular weight is 414 g/mol. The first-order valence-electron chi connectivity index (χ1n) is 9.25. The van der Waals surface area contributed by atoms with E-state index < -0.39 is 18.7 Å². The molecule has 0 aliphatic heterocycles. The van der Waals surface area contributed by atoms with Crippen LogP contribution in [0.3, 0.4) is 0 Å². The number of hydrogen-bond donors (Lipinski definition) is 5. The zero-order chi connectivity index (χ0) is 21.8. The molecule has 0 saturated carbocycles. The summed E-state index contributed by atoms with van der Waals surface area (Å²) < 4.78 is 25.1. The molecule has 0 aliphatic rings. The minimum absolute atomic E-state index is 0.0383. The second-order valence-corrected chi connectivity index (χ2v) is 5.52. The Balaban J connectivity index is 0. The molecule has 11 heteroatoms. The lowest BCUT2D eigenvalue weighted by Gasteiger charge is -2.21. The number of aliphatic hydroxyl groups is 3. The summed E-state index contributed by atoms with van der Waals surface area (Å²) in [7, 11) is 2.89. The third-order valence-corrected chi connectivity index (χ3v) is 3.45. The van der Waals surface area contributed by atoms with Gasteiger partial charge in [-0.1, -0.05) is 13.8 Å². The largest absolute Gasteiger partial charge is 0.444 e. The van der Waals surface area contributed by atoms with Crippen molar-refractivity contribution >= 4 is 6.09 Å². The van der Waals surface area contributed by atoms with Crippen LogP contribution in [-0.4, -0.2) is 99.9 Å². The number of carbonyl (C=O) groups is 1. The van der Waals surface area contributed by atoms with E-state index in [4.69, 9.17) is 44.7 Å². The number of amides is 1. The second kappa shape index (κ2) is 20.7. The first-order chi connectivity index (χ1) is 13.4. The Hall–Kier alpha value is -1.05. The molecule has 0 aromatic carbocycles. The smallest absolute Gasteiger partial charge is 0.407 e. The van der Waals surface area contributed by atoms with Gasteiger partial charge in [0.05, 0.1) is 32.0 Å². The zero-order valence-electron chi connectivity index (χ0n) is 17.3. The molecule has 1 amide bonds. The molecule has 11 nitrogen and oxygen atoms in total. The molecule has 0 aromatic rings. The maximum absolute atomic E-state index is 11.1. The van der Waals surface area contributed by atoms with E-state index >= 15 is 0 Å². The van der Waals surface area contributed by atoms with Crippen LogP contribution in [-0.2, 0) is 23.7 Å². The van der Waals surface area contributed by atoms with Crippen molar-refractivity contribution in [3.63, 3.8) is 0 Å². The molecule has 4 atom stereocenters. The lowest BCUT2D eigenvalue weighted by Crippen LogP contribution is -2.34. The van der Waals surface area contributed by atoms with E-state index in [9.17, 15) is 4.79 Å². The van der Waals surface area contributed by atoms with E-state index in [0.29, 0.717) is 25.9 Å². The Morgan fingerprint density at radius 1 is 0.929 bits per heavy atom. The summed E-state index contributed by atoms with van der Waals surface area (Å²) in [6.45, 7) is 4.10. The number of ether oxygens (including phenoxy) is 5. The van der Waals surface area contributed by atoms with Gasteiger partial charge in [-0.2, -0.15) is 0 Å². The Kier molecular flexibility index (Phi) is 21.5. The summed E-state index contributed by atoms with van der Waals surface area (Å²) in [6, 6.07) is 0. The van der Waals surface area contributed by atoms with Crippen molar-refractivity contribution in [2.75, 3.05) is 53.7 Å². The van der Waals surface area contributed by atoms with Gasteiger partial charge in [-0.25, -0.2) is 4.79 Å². The van der Waals surface area contributed by atoms with Crippen LogP contribution in [0, 0.1) is 0 Å². The molecule has 0 fully saturated rings. The minimum atomic E-state index is -0.685. The van der Waals surface area contributed by atoms with Crippen LogP contribution in [0.2, 0.25) is 0 Å². The van der Waals surface area contributed by atoms with Crippen molar-refractivity contribution < 1.29 is 43.8 Å². The number of alkyl carbamates (subject to hydrolysis) is 1. The molecule has 0 saturated heterocycles. The second-order valence-electron chi connectivity index (χ2n) is 5.52. The normalized spacial score (nSPS) is 15.0. The van der Waals surface area contributed by atoms with E-state index in [-0.39, 0.29) is 38.6 Å². The lowest BCUT2D eigenvalue weighted by atomic mass is 10.3. The number of aliphatic hydroxyl groups excluding tert-OH is 3. The number of rotatable bonds is 15. The van der Waals surface area contributed by atoms with E-state index in [1.807, 2.05) is 13.8 Å². The fourth-order valence-corrected chi connectivity index (χ4v) is 1.67. The molecule has 0 aromatic heterocycles. The third kappa shape index (κ3) is 16.0. The van der Waals surface area contributed by atoms with Crippen molar-refractivity contribution in [1.29, 1.82) is 0 Å². The summed E-state index contributed by atoms with van der Waals surface area (Å²) in [4.78, 5) is 11.1. The predicted molar refractivity (Wildman–Crippen MR) is 102 cm³/mol. The van der Waals surface area contributed by atoms with Gasteiger partial charge in [0.1, 0.15) is 6.61 Å². The van der Waals surface area contributed by atoms with Crippen LogP contribution in [0.1, 0.15) is 26.7 Å². The van der Waals surface area contributed by atoms with Gasteiger partial charge >= 0.3 is 6.09 Å². The fraction of sp³-hybridized carbons (Fsp3) is 0.941. The molecule has 0 rings (SSSR count). The number of nitrogens with one attached hydrogen (secondary N) is 1. The van der Waals surface area contributed by atoms with Crippen LogP contribution < -0.4 is 11.1 Å². The topological polar surface area (TPSA) is 162 Å². The third-order valence-electron chi connectivity index (χ3n) is 3.45. The maximum Gasteiger partial charge on any atom is 0.407 e. The van der Waals surface area contributed by atoms with Gasteiger partial charge in [0.25, 0.3) is 0 Å². The Labute approximate surface area is 167 Å². The SMILES string of the molecule is CCC(CO)OC(CO)OC.CCC(CO)OC(COC(=O)NCCN)OC. The first-order valence-corrected chi connectivity index (χ1v) is 9.25. The fourth-order valence-electron chi connectivity index (χ4n) is 1.67. The van der Waals surface area contributed by atoms with Crippen LogP contribution >= 0.6 is 0 Å². The number of carbonyl (C=O) groups excluding carboxylic acids is 1. The van der Waals surface area contributed by atoms with E-state index in [1.165, 1.54) is 14.2 Å². The highest BCUT2D eigenvalue weighted by molar-refractivity contribution is 5.67. The molecular weight excluding hydrogens is 376 g/mol. The molecule has 0 radical (unpaired) electrons. The maximum atomic E-state index is 11.1. The van der Waals surface area contributed by atoms with Gasteiger partial charge in [0, 0.05) is 27.3 Å². The van der Waals surface area contributed by atoms with Gasteiger partial charge in [-0.15, -0.1) is 0 Å². The molecule has 0 bridgehead atoms. The van der Waals surface area contributed by atoms with Gasteiger partial charge in [-0.05, 0) is 12.8 Å². The van der Waals surface area contributed by atoms with Crippen LogP contribution in [0.15, 0.2) is 0 Å². The van der Waals surface area contributed by atoms with Gasteiger partial charge < -0.3 is 50.1 Å². The van der Waals surface area contributed by atoms with E-state index in [0.717, 1.165) is 0 Å². The molecule has 0 spiro atoms. The highest BCUT2D eigenvalue weighted by Gasteiger charge is 2.16. The van der Waals surface area contributed by atoms with Crippen molar-refractivity contribution in [1.82, 2.24) is 5.32 Å². The monoisotopic (exact) mass is 414 g/mol. The molecular formula is C17H38N2O9. The highest BCUT2D eigenvalue weighted by Crippen LogP contribution is 2.04. The molecule has 0 heterocycles. The van der Waals surface area contributed by atoms with Crippen molar-refractivity contribution in [2.24, 2.45) is 5.73 Å². The van der Waals surface area contributed by atoms with E-state index in [1.54, 1.807) is 0 Å². The molecule has 28 heavy (non-hydrogen) atoms. The summed E-state index contributed by atoms with van der Waals surface area (Å²) in [6.07, 6.45) is -1.09. The Bertz CT molecular complexity index is 329. The summed E-state index contributed by atoms with van der Waals surface area (Å²) in [5, 5.41) is 28.7. The van der Waals surface area contributed by atoms with Crippen LogP contribution in [0.4, 0.5) is 4.79 Å². The summed E-state index contributed by atoms with van der Waals surface area (Å²) >= 11 is 0. The number of methoxy groups -OCH3 is 2. The summed E-state index contributed by atoms with van der Waals surface area (Å²) in [5.74, 6) is 0. The standard InChI is InChI=1S/C10H22N2O5.C7H16O4/c1-3-8(6-13)17-9(15-2)7-16-10(14)12-5-4-11;1-3-6(4-8)11-7(5-9)10-2/h8-9,13H,3-7,11H2,1-2H3,(H,12,14);6-9H,3-5H2,1-2H3. The average Bonchev–Trinajstić information content (AvgIpc) is 2.74. The molecule has 0 aliphatic carbocycles. The van der Waals surface area contributed by atoms with Crippen LogP contribution in [0.5, 0.6) is 0 Å². The molecule has 170 valence electrons. The first kappa shape index (κ1) is 29.2. The Morgan fingerprint density at radius 3 is 1.79 bits per heavy atom.